The summed E-state index contributed by atoms with van der Waals surface area (Å²) in [4.78, 5) is 10.2. The number of carbonyl (C=O) groups is 1. The molecular weight excluding hydrogens is 112 g/mol. The molecule has 0 aromatic rings. The molecule has 0 heterocycles. The van der Waals surface area contributed by atoms with Crippen molar-refractivity contribution in [2.75, 3.05) is 0 Å². The van der Waals surface area contributed by atoms with Crippen molar-refractivity contribution in [2.24, 2.45) is 0 Å². The van der Waals surface area contributed by atoms with Gasteiger partial charge in [0.2, 0.25) is 0 Å². The Morgan fingerprint density at radius 2 is 2.22 bits per heavy atom. The zero-order valence-corrected chi connectivity index (χ0v) is 5.98. The van der Waals surface area contributed by atoms with E-state index in [1.165, 1.54) is 0 Å². The third-order valence-corrected chi connectivity index (χ3v) is 0.991. The van der Waals surface area contributed by atoms with Crippen LogP contribution in [0, 0.1) is 0 Å². The predicted octanol–water partition coefficient (Wildman–Crippen LogP) is 2.10. The summed E-state index contributed by atoms with van der Waals surface area (Å²) >= 11 is 0. The molecule has 1 heteroatoms. The predicted molar refractivity (Wildman–Crippen MR) is 39.3 cm³/mol. The molecule has 9 heavy (non-hydrogen) atoms. The Bertz CT molecular complexity index is 143. The molecule has 0 fully saturated rings. The molecule has 0 aliphatic rings. The molecule has 0 atom stereocenters. The van der Waals surface area contributed by atoms with E-state index in [1.54, 1.807) is 6.08 Å². The highest BCUT2D eigenvalue weighted by atomic mass is 16.1. The van der Waals surface area contributed by atoms with Gasteiger partial charge >= 0.3 is 0 Å². The highest BCUT2D eigenvalue weighted by Crippen LogP contribution is 2.00. The van der Waals surface area contributed by atoms with Gasteiger partial charge in [0.15, 0.2) is 0 Å². The van der Waals surface area contributed by atoms with Gasteiger partial charge in [-0.25, -0.2) is 0 Å². The summed E-state index contributed by atoms with van der Waals surface area (Å²) in [5.74, 6) is 0. The zero-order chi connectivity index (χ0) is 7.28. The second-order valence-electron chi connectivity index (χ2n) is 2.04. The van der Waals surface area contributed by atoms with E-state index in [9.17, 15) is 4.79 Å². The Morgan fingerprint density at radius 1 is 1.67 bits per heavy atom. The average molecular weight is 124 g/mol. The highest BCUT2D eigenvalue weighted by molar-refractivity contribution is 5.73. The van der Waals surface area contributed by atoms with Crippen LogP contribution < -0.4 is 0 Å². The van der Waals surface area contributed by atoms with Crippen LogP contribution in [-0.4, -0.2) is 6.29 Å². The van der Waals surface area contributed by atoms with Gasteiger partial charge in [0, 0.05) is 0 Å². The lowest BCUT2D eigenvalue weighted by Gasteiger charge is -1.90. The Labute approximate surface area is 56.1 Å². The highest BCUT2D eigenvalue weighted by Gasteiger charge is 1.87. The van der Waals surface area contributed by atoms with Crippen molar-refractivity contribution in [1.82, 2.24) is 0 Å². The number of carbonyl (C=O) groups excluding carboxylic acids is 1. The Balaban J connectivity index is 4.07. The summed E-state index contributed by atoms with van der Waals surface area (Å²) in [7, 11) is 0. The summed E-state index contributed by atoms with van der Waals surface area (Å²) in [6, 6.07) is 0. The number of allylic oxidation sites excluding steroid dienone is 3. The third kappa shape index (κ3) is 3.71. The first-order valence-corrected chi connectivity index (χ1v) is 3.02. The smallest absolute Gasteiger partial charge is 0.146 e. The van der Waals surface area contributed by atoms with E-state index in [2.05, 4.69) is 6.58 Å². The first-order chi connectivity index (χ1) is 4.20. The van der Waals surface area contributed by atoms with E-state index in [0.29, 0.717) is 0 Å². The van der Waals surface area contributed by atoms with Crippen molar-refractivity contribution in [1.29, 1.82) is 0 Å². The van der Waals surface area contributed by atoms with Crippen LogP contribution in [-0.2, 0) is 4.79 Å². The maximum atomic E-state index is 10.2. The van der Waals surface area contributed by atoms with Crippen molar-refractivity contribution in [3.63, 3.8) is 0 Å². The summed E-state index contributed by atoms with van der Waals surface area (Å²) in [6.07, 6.45) is 3.46. The van der Waals surface area contributed by atoms with Gasteiger partial charge in [-0.1, -0.05) is 25.2 Å². The molecule has 0 spiro atoms. The second-order valence-corrected chi connectivity index (χ2v) is 2.04. The molecule has 0 aliphatic carbocycles. The first kappa shape index (κ1) is 8.15. The van der Waals surface area contributed by atoms with E-state index in [-0.39, 0.29) is 0 Å². The van der Waals surface area contributed by atoms with Crippen LogP contribution in [0.3, 0.4) is 0 Å². The maximum Gasteiger partial charge on any atom is 0.146 e. The van der Waals surface area contributed by atoms with E-state index in [1.807, 2.05) is 13.8 Å². The molecule has 50 valence electrons. The normalized spacial score (nSPS) is 11.1. The molecule has 0 radical (unpaired) electrons. The van der Waals surface area contributed by atoms with Gasteiger partial charge in [0.25, 0.3) is 0 Å². The lowest BCUT2D eigenvalue weighted by atomic mass is 10.1. The summed E-state index contributed by atoms with van der Waals surface area (Å²) < 4.78 is 0. The van der Waals surface area contributed by atoms with Gasteiger partial charge in [-0.05, 0) is 18.9 Å². The van der Waals surface area contributed by atoms with Crippen LogP contribution in [0.15, 0.2) is 23.8 Å². The minimum absolute atomic E-state index is 0.788. The van der Waals surface area contributed by atoms with Crippen LogP contribution in [0.5, 0.6) is 0 Å². The molecule has 0 aromatic carbocycles. The molecular formula is C8H12O. The second kappa shape index (κ2) is 4.07. The van der Waals surface area contributed by atoms with Gasteiger partial charge in [-0.3, -0.25) is 4.79 Å². The Morgan fingerprint density at radius 3 is 2.33 bits per heavy atom. The molecule has 0 amide bonds. The van der Waals surface area contributed by atoms with Crippen molar-refractivity contribution < 1.29 is 4.79 Å². The standard InChI is InChI=1S/C8H12O/c1-4-8(6-9)5-7(2)3/h5-6H,2,4H2,1,3H3. The fourth-order valence-electron chi connectivity index (χ4n) is 0.536. The summed E-state index contributed by atoms with van der Waals surface area (Å²) in [5, 5.41) is 0. The zero-order valence-electron chi connectivity index (χ0n) is 5.98. The van der Waals surface area contributed by atoms with Gasteiger partial charge in [-0.15, -0.1) is 0 Å². The molecule has 0 rings (SSSR count). The monoisotopic (exact) mass is 124 g/mol. The topological polar surface area (TPSA) is 17.1 Å². The quantitative estimate of drug-likeness (QED) is 0.320. The third-order valence-electron chi connectivity index (χ3n) is 0.991. The lowest BCUT2D eigenvalue weighted by Crippen LogP contribution is -1.80. The molecule has 0 aliphatic heterocycles. The van der Waals surface area contributed by atoms with Crippen LogP contribution in [0.2, 0.25) is 0 Å². The van der Waals surface area contributed by atoms with Crippen molar-refractivity contribution >= 4 is 6.29 Å². The van der Waals surface area contributed by atoms with Crippen molar-refractivity contribution in [2.45, 2.75) is 20.3 Å². The number of hydrogen-bond donors (Lipinski definition) is 0. The van der Waals surface area contributed by atoms with Crippen molar-refractivity contribution in [3.8, 4) is 0 Å². The SMILES string of the molecule is C=C(C)C=C(C=O)CC. The van der Waals surface area contributed by atoms with E-state index in [0.717, 1.165) is 23.9 Å². The lowest BCUT2D eigenvalue weighted by molar-refractivity contribution is -0.105. The maximum absolute atomic E-state index is 10.2. The molecule has 0 unspecified atom stereocenters. The Hall–Kier alpha value is -0.850. The van der Waals surface area contributed by atoms with Crippen molar-refractivity contribution in [3.05, 3.63) is 23.8 Å². The molecule has 0 aromatic heterocycles. The van der Waals surface area contributed by atoms with Crippen LogP contribution in [0.4, 0.5) is 0 Å². The molecule has 0 bridgehead atoms. The minimum atomic E-state index is 0.788. The van der Waals surface area contributed by atoms with Gasteiger partial charge in [0.05, 0.1) is 0 Å². The molecule has 0 N–H and O–H groups in total. The van der Waals surface area contributed by atoms with Crippen LogP contribution in [0.25, 0.3) is 0 Å². The van der Waals surface area contributed by atoms with E-state index >= 15 is 0 Å². The van der Waals surface area contributed by atoms with Gasteiger partial charge < -0.3 is 0 Å². The van der Waals surface area contributed by atoms with Crippen LogP contribution in [0.1, 0.15) is 20.3 Å². The first-order valence-electron chi connectivity index (χ1n) is 3.02. The van der Waals surface area contributed by atoms with Gasteiger partial charge in [0.1, 0.15) is 6.29 Å². The molecule has 0 saturated carbocycles. The largest absolute Gasteiger partial charge is 0.298 e. The molecule has 1 nitrogen and oxygen atoms in total. The Kier molecular flexibility index (Phi) is 3.69. The number of hydrogen-bond acceptors (Lipinski definition) is 1. The fourth-order valence-corrected chi connectivity index (χ4v) is 0.536. The number of rotatable bonds is 3. The van der Waals surface area contributed by atoms with E-state index in [4.69, 9.17) is 0 Å². The fraction of sp³-hybridized carbons (Fsp3) is 0.375. The van der Waals surface area contributed by atoms with Crippen LogP contribution >= 0.6 is 0 Å². The van der Waals surface area contributed by atoms with E-state index < -0.39 is 0 Å². The average Bonchev–Trinajstić information content (AvgIpc) is 1.82. The minimum Gasteiger partial charge on any atom is -0.298 e. The number of aldehydes is 1. The van der Waals surface area contributed by atoms with Gasteiger partial charge in [-0.2, -0.15) is 0 Å². The summed E-state index contributed by atoms with van der Waals surface area (Å²) in [6.45, 7) is 7.48. The summed E-state index contributed by atoms with van der Waals surface area (Å²) in [5.41, 5.74) is 1.74. The molecule has 0 saturated heterocycles.